The molecular formula is C22H24N2O3. The van der Waals surface area contributed by atoms with Crippen molar-refractivity contribution in [3.63, 3.8) is 0 Å². The van der Waals surface area contributed by atoms with Crippen LogP contribution in [-0.4, -0.2) is 11.8 Å². The summed E-state index contributed by atoms with van der Waals surface area (Å²) < 4.78 is 5.09. The Labute approximate surface area is 158 Å². The van der Waals surface area contributed by atoms with Crippen LogP contribution in [0.15, 0.2) is 47.1 Å². The SMILES string of the molecule is O=C(Nc1ccc(NC(=O)C23CC4CC(CC(C4)C2)C3)cc1)c1ccco1. The summed E-state index contributed by atoms with van der Waals surface area (Å²) in [5, 5.41) is 5.92. The molecule has 4 aliphatic carbocycles. The van der Waals surface area contributed by atoms with Crippen molar-refractivity contribution in [2.75, 3.05) is 10.6 Å². The topological polar surface area (TPSA) is 71.3 Å². The molecule has 4 fully saturated rings. The van der Waals surface area contributed by atoms with Gasteiger partial charge in [0.15, 0.2) is 5.76 Å². The molecule has 2 N–H and O–H groups in total. The zero-order chi connectivity index (χ0) is 18.4. The summed E-state index contributed by atoms with van der Waals surface area (Å²) in [6, 6.07) is 10.6. The van der Waals surface area contributed by atoms with Gasteiger partial charge in [-0.25, -0.2) is 0 Å². The molecule has 1 aromatic heterocycles. The highest BCUT2D eigenvalue weighted by atomic mass is 16.3. The Kier molecular flexibility index (Phi) is 3.85. The minimum atomic E-state index is -0.287. The second kappa shape index (κ2) is 6.25. The number of hydrogen-bond donors (Lipinski definition) is 2. The van der Waals surface area contributed by atoms with Crippen LogP contribution in [0.1, 0.15) is 49.1 Å². The lowest BCUT2D eigenvalue weighted by Gasteiger charge is -2.55. The lowest BCUT2D eigenvalue weighted by Crippen LogP contribution is -2.51. The lowest BCUT2D eigenvalue weighted by atomic mass is 9.49. The summed E-state index contributed by atoms with van der Waals surface area (Å²) in [5.74, 6) is 2.43. The quantitative estimate of drug-likeness (QED) is 0.827. The van der Waals surface area contributed by atoms with Crippen LogP contribution in [0, 0.1) is 23.2 Å². The van der Waals surface area contributed by atoms with Gasteiger partial charge in [-0.1, -0.05) is 0 Å². The van der Waals surface area contributed by atoms with Gasteiger partial charge in [0.05, 0.1) is 11.7 Å². The zero-order valence-corrected chi connectivity index (χ0v) is 15.2. The van der Waals surface area contributed by atoms with Crippen LogP contribution in [0.4, 0.5) is 11.4 Å². The number of carbonyl (C=O) groups is 2. The third-order valence-corrected chi connectivity index (χ3v) is 6.67. The number of hydrogen-bond acceptors (Lipinski definition) is 3. The number of carbonyl (C=O) groups excluding carboxylic acids is 2. The second-order valence-electron chi connectivity index (χ2n) is 8.66. The van der Waals surface area contributed by atoms with Crippen molar-refractivity contribution in [3.05, 3.63) is 48.4 Å². The molecule has 4 bridgehead atoms. The van der Waals surface area contributed by atoms with Gasteiger partial charge in [-0.15, -0.1) is 0 Å². The van der Waals surface area contributed by atoms with Gasteiger partial charge in [0.1, 0.15) is 0 Å². The van der Waals surface area contributed by atoms with E-state index in [0.29, 0.717) is 5.69 Å². The maximum atomic E-state index is 13.1. The first-order valence-electron chi connectivity index (χ1n) is 9.86. The van der Waals surface area contributed by atoms with Crippen LogP contribution < -0.4 is 10.6 Å². The number of rotatable bonds is 4. The highest BCUT2D eigenvalue weighted by Crippen LogP contribution is 2.60. The van der Waals surface area contributed by atoms with E-state index in [-0.39, 0.29) is 23.0 Å². The Bertz CT molecular complexity index is 819. The van der Waals surface area contributed by atoms with Crippen LogP contribution >= 0.6 is 0 Å². The first-order chi connectivity index (χ1) is 13.1. The van der Waals surface area contributed by atoms with E-state index in [1.54, 1.807) is 24.3 Å². The van der Waals surface area contributed by atoms with Crippen LogP contribution in [-0.2, 0) is 4.79 Å². The Morgan fingerprint density at radius 1 is 0.852 bits per heavy atom. The molecule has 4 aliphatic rings. The molecule has 0 radical (unpaired) electrons. The number of benzene rings is 1. The number of furan rings is 1. The van der Waals surface area contributed by atoms with Gasteiger partial charge in [-0.2, -0.15) is 0 Å². The van der Waals surface area contributed by atoms with E-state index in [9.17, 15) is 9.59 Å². The summed E-state index contributed by atoms with van der Waals surface area (Å²) in [5.41, 5.74) is 1.30. The lowest BCUT2D eigenvalue weighted by molar-refractivity contribution is -0.140. The standard InChI is InChI=1S/C22H24N2O3/c25-20(19-2-1-7-27-19)23-17-3-5-18(6-4-17)24-21(26)22-11-14-8-15(12-22)10-16(9-14)13-22/h1-7,14-16H,8-13H2,(H,23,25)(H,24,26). The Hall–Kier alpha value is -2.56. The van der Waals surface area contributed by atoms with Crippen molar-refractivity contribution in [1.82, 2.24) is 0 Å². The van der Waals surface area contributed by atoms with Gasteiger partial charge in [0, 0.05) is 11.4 Å². The average Bonchev–Trinajstić information content (AvgIpc) is 3.17. The Morgan fingerprint density at radius 3 is 1.93 bits per heavy atom. The summed E-state index contributed by atoms with van der Waals surface area (Å²) in [7, 11) is 0. The monoisotopic (exact) mass is 364 g/mol. The first-order valence-corrected chi connectivity index (χ1v) is 9.86. The molecular weight excluding hydrogens is 340 g/mol. The maximum Gasteiger partial charge on any atom is 0.291 e. The minimum absolute atomic E-state index is 0.152. The average molecular weight is 364 g/mol. The van der Waals surface area contributed by atoms with Gasteiger partial charge >= 0.3 is 0 Å². The van der Waals surface area contributed by atoms with Crippen molar-refractivity contribution in [2.24, 2.45) is 23.2 Å². The Morgan fingerprint density at radius 2 is 1.41 bits per heavy atom. The van der Waals surface area contributed by atoms with Crippen LogP contribution in [0.2, 0.25) is 0 Å². The number of anilines is 2. The van der Waals surface area contributed by atoms with E-state index in [1.807, 2.05) is 12.1 Å². The molecule has 140 valence electrons. The first kappa shape index (κ1) is 16.6. The van der Waals surface area contributed by atoms with E-state index < -0.39 is 0 Å². The molecule has 5 nitrogen and oxygen atoms in total. The largest absolute Gasteiger partial charge is 0.459 e. The smallest absolute Gasteiger partial charge is 0.291 e. The Balaban J connectivity index is 1.25. The summed E-state index contributed by atoms with van der Waals surface area (Å²) in [6.45, 7) is 0. The third kappa shape index (κ3) is 3.05. The van der Waals surface area contributed by atoms with Crippen LogP contribution in [0.5, 0.6) is 0 Å². The fourth-order valence-corrected chi connectivity index (χ4v) is 5.89. The van der Waals surface area contributed by atoms with Crippen molar-refractivity contribution in [1.29, 1.82) is 0 Å². The molecule has 1 aromatic carbocycles. The molecule has 1 heterocycles. The highest BCUT2D eigenvalue weighted by molar-refractivity contribution is 6.02. The van der Waals surface area contributed by atoms with E-state index >= 15 is 0 Å². The molecule has 6 rings (SSSR count). The highest BCUT2D eigenvalue weighted by Gasteiger charge is 2.54. The molecule has 0 aliphatic heterocycles. The molecule has 0 saturated heterocycles. The van der Waals surface area contributed by atoms with E-state index in [4.69, 9.17) is 4.42 Å². The van der Waals surface area contributed by atoms with Gasteiger partial charge in [0.25, 0.3) is 5.91 Å². The van der Waals surface area contributed by atoms with Crippen LogP contribution in [0.25, 0.3) is 0 Å². The van der Waals surface area contributed by atoms with Gasteiger partial charge in [-0.3, -0.25) is 9.59 Å². The predicted octanol–water partition coefficient (Wildman–Crippen LogP) is 4.69. The molecule has 5 heteroatoms. The van der Waals surface area contributed by atoms with E-state index in [0.717, 1.165) is 42.7 Å². The molecule has 4 saturated carbocycles. The summed E-state index contributed by atoms with van der Waals surface area (Å²) in [4.78, 5) is 25.1. The number of nitrogens with one attached hydrogen (secondary N) is 2. The van der Waals surface area contributed by atoms with E-state index in [2.05, 4.69) is 10.6 Å². The second-order valence-corrected chi connectivity index (χ2v) is 8.66. The summed E-state index contributed by atoms with van der Waals surface area (Å²) in [6.07, 6.45) is 8.63. The molecule has 0 unspecified atom stereocenters. The van der Waals surface area contributed by atoms with Crippen molar-refractivity contribution in [2.45, 2.75) is 38.5 Å². The fourth-order valence-electron chi connectivity index (χ4n) is 5.89. The van der Waals surface area contributed by atoms with Crippen LogP contribution in [0.3, 0.4) is 0 Å². The molecule has 27 heavy (non-hydrogen) atoms. The van der Waals surface area contributed by atoms with Crippen molar-refractivity contribution < 1.29 is 14.0 Å². The van der Waals surface area contributed by atoms with Gasteiger partial charge in [0.2, 0.25) is 5.91 Å². The normalized spacial score (nSPS) is 30.9. The van der Waals surface area contributed by atoms with Gasteiger partial charge < -0.3 is 15.1 Å². The predicted molar refractivity (Wildman–Crippen MR) is 102 cm³/mol. The maximum absolute atomic E-state index is 13.1. The zero-order valence-electron chi connectivity index (χ0n) is 15.2. The molecule has 0 spiro atoms. The number of amides is 2. The molecule has 2 aromatic rings. The van der Waals surface area contributed by atoms with E-state index in [1.165, 1.54) is 25.5 Å². The third-order valence-electron chi connectivity index (χ3n) is 6.67. The minimum Gasteiger partial charge on any atom is -0.459 e. The van der Waals surface area contributed by atoms with Gasteiger partial charge in [-0.05, 0) is 92.7 Å². The van der Waals surface area contributed by atoms with Crippen molar-refractivity contribution in [3.8, 4) is 0 Å². The molecule has 2 amide bonds. The summed E-state index contributed by atoms with van der Waals surface area (Å²) >= 11 is 0. The van der Waals surface area contributed by atoms with Crippen molar-refractivity contribution >= 4 is 23.2 Å². The fraction of sp³-hybridized carbons (Fsp3) is 0.455. The molecule has 0 atom stereocenters.